The second kappa shape index (κ2) is 9.99. The zero-order valence-electron chi connectivity index (χ0n) is 23.5. The molecule has 4 aromatic heterocycles. The van der Waals surface area contributed by atoms with Gasteiger partial charge in [-0.15, -0.1) is 0 Å². The van der Waals surface area contributed by atoms with Crippen molar-refractivity contribution in [3.8, 4) is 22.6 Å². The molecule has 7 aromatic rings. The van der Waals surface area contributed by atoms with Gasteiger partial charge in [0, 0.05) is 5.56 Å². The third-order valence-electron chi connectivity index (χ3n) is 8.02. The summed E-state index contributed by atoms with van der Waals surface area (Å²) in [5.74, 6) is 1.56. The molecule has 0 unspecified atom stereocenters. The number of hydrogen-bond acceptors (Lipinski definition) is 8. The molecule has 0 aliphatic heterocycles. The van der Waals surface area contributed by atoms with Gasteiger partial charge in [0.15, 0.2) is 16.1 Å². The number of hydrogen-bond donors (Lipinski definition) is 0. The first-order valence-electron chi connectivity index (χ1n) is 14.1. The maximum Gasteiger partial charge on any atom is 0.270 e. The van der Waals surface area contributed by atoms with E-state index in [9.17, 15) is 4.79 Å². The van der Waals surface area contributed by atoms with Gasteiger partial charge in [-0.3, -0.25) is 4.79 Å². The molecule has 0 saturated heterocycles. The largest absolute Gasteiger partial charge is 0.497 e. The Balaban J connectivity index is 1.45. The Labute approximate surface area is 249 Å². The lowest BCUT2D eigenvalue weighted by molar-refractivity contribution is 0.414. The smallest absolute Gasteiger partial charge is 0.270 e. The standard InChI is InChI=1S/C34H25N5O3S/c1-41-22-14-10-19(11-15-22)18-21-6-5-7-24-27(20-12-16-23(42-2)17-13-20)28-30(37-29(21)24)38-34-39(33(28)40)31-32(43-34)36-26-9-4-3-8-25(26)35-31/h3-4,8-18H,5-7H2,1-2H3/b21-18-. The Hall–Kier alpha value is -5.15. The van der Waals surface area contributed by atoms with Crippen LogP contribution in [0.2, 0.25) is 0 Å². The van der Waals surface area contributed by atoms with Gasteiger partial charge in [-0.2, -0.15) is 4.98 Å². The lowest BCUT2D eigenvalue weighted by Gasteiger charge is -2.23. The van der Waals surface area contributed by atoms with Crippen molar-refractivity contribution in [2.45, 2.75) is 19.3 Å². The van der Waals surface area contributed by atoms with Gasteiger partial charge in [0.1, 0.15) is 11.5 Å². The van der Waals surface area contributed by atoms with Gasteiger partial charge in [-0.1, -0.05) is 47.7 Å². The summed E-state index contributed by atoms with van der Waals surface area (Å²) in [5, 5.41) is 0.488. The molecule has 9 heteroatoms. The molecular formula is C34H25N5O3S. The second-order valence-electron chi connectivity index (χ2n) is 10.5. The quantitative estimate of drug-likeness (QED) is 0.221. The summed E-state index contributed by atoms with van der Waals surface area (Å²) in [6.07, 6.45) is 4.81. The van der Waals surface area contributed by atoms with Crippen molar-refractivity contribution in [3.05, 3.63) is 100.0 Å². The molecule has 1 aliphatic carbocycles. The summed E-state index contributed by atoms with van der Waals surface area (Å²) >= 11 is 1.35. The van der Waals surface area contributed by atoms with Gasteiger partial charge < -0.3 is 9.47 Å². The van der Waals surface area contributed by atoms with E-state index in [0.29, 0.717) is 26.5 Å². The average Bonchev–Trinajstić information content (AvgIpc) is 3.40. The summed E-state index contributed by atoms with van der Waals surface area (Å²) < 4.78 is 12.4. The maximum absolute atomic E-state index is 14.5. The van der Waals surface area contributed by atoms with E-state index in [0.717, 1.165) is 75.3 Å². The predicted octanol–water partition coefficient (Wildman–Crippen LogP) is 6.96. The minimum absolute atomic E-state index is 0.191. The Morgan fingerprint density at radius 1 is 0.814 bits per heavy atom. The maximum atomic E-state index is 14.5. The Morgan fingerprint density at radius 3 is 2.23 bits per heavy atom. The third-order valence-corrected chi connectivity index (χ3v) is 8.95. The van der Waals surface area contributed by atoms with Crippen LogP contribution in [0, 0.1) is 0 Å². The molecular weight excluding hydrogens is 558 g/mol. The van der Waals surface area contributed by atoms with E-state index < -0.39 is 0 Å². The second-order valence-corrected chi connectivity index (χ2v) is 11.5. The minimum atomic E-state index is -0.191. The number of aromatic nitrogens is 5. The zero-order chi connectivity index (χ0) is 29.1. The van der Waals surface area contributed by atoms with Crippen molar-refractivity contribution in [1.29, 1.82) is 0 Å². The summed E-state index contributed by atoms with van der Waals surface area (Å²) in [5.41, 5.74) is 8.16. The van der Waals surface area contributed by atoms with E-state index in [1.54, 1.807) is 18.6 Å². The zero-order valence-corrected chi connectivity index (χ0v) is 24.3. The first-order valence-corrected chi connectivity index (χ1v) is 14.9. The highest BCUT2D eigenvalue weighted by atomic mass is 32.1. The van der Waals surface area contributed by atoms with Gasteiger partial charge in [-0.25, -0.2) is 19.4 Å². The molecule has 43 heavy (non-hydrogen) atoms. The summed E-state index contributed by atoms with van der Waals surface area (Å²) in [7, 11) is 3.31. The molecule has 3 aromatic carbocycles. The van der Waals surface area contributed by atoms with Crippen LogP contribution in [-0.2, 0) is 6.42 Å². The van der Waals surface area contributed by atoms with Crippen molar-refractivity contribution in [3.63, 3.8) is 0 Å². The van der Waals surface area contributed by atoms with Crippen molar-refractivity contribution in [1.82, 2.24) is 24.3 Å². The van der Waals surface area contributed by atoms with Crippen LogP contribution in [0.3, 0.4) is 0 Å². The molecule has 0 fully saturated rings. The van der Waals surface area contributed by atoms with Crippen molar-refractivity contribution >= 4 is 60.5 Å². The molecule has 0 amide bonds. The summed E-state index contributed by atoms with van der Waals surface area (Å²) in [4.78, 5) is 35.4. The fraction of sp³-hybridized carbons (Fsp3) is 0.147. The van der Waals surface area contributed by atoms with Crippen molar-refractivity contribution in [2.24, 2.45) is 0 Å². The monoisotopic (exact) mass is 583 g/mol. The van der Waals surface area contributed by atoms with Crippen LogP contribution in [0.1, 0.15) is 29.7 Å². The Morgan fingerprint density at radius 2 is 1.51 bits per heavy atom. The minimum Gasteiger partial charge on any atom is -0.497 e. The molecule has 0 N–H and O–H groups in total. The number of benzene rings is 3. The van der Waals surface area contributed by atoms with Crippen LogP contribution in [0.5, 0.6) is 11.5 Å². The Kier molecular flexibility index (Phi) is 5.94. The molecule has 8 nitrogen and oxygen atoms in total. The molecule has 1 aliphatic rings. The van der Waals surface area contributed by atoms with Gasteiger partial charge in [0.25, 0.3) is 5.56 Å². The van der Waals surface area contributed by atoms with Crippen LogP contribution in [0.15, 0.2) is 77.6 Å². The van der Waals surface area contributed by atoms with E-state index in [-0.39, 0.29) is 5.56 Å². The van der Waals surface area contributed by atoms with Crippen LogP contribution in [-0.4, -0.2) is 38.6 Å². The van der Waals surface area contributed by atoms with Crippen LogP contribution in [0.25, 0.3) is 60.3 Å². The number of rotatable bonds is 4. The summed E-state index contributed by atoms with van der Waals surface area (Å²) in [6, 6.07) is 23.5. The van der Waals surface area contributed by atoms with Gasteiger partial charge in [-0.05, 0) is 84.0 Å². The highest BCUT2D eigenvalue weighted by Crippen LogP contribution is 2.40. The Bertz CT molecular complexity index is 2310. The van der Waals surface area contributed by atoms with E-state index in [4.69, 9.17) is 29.4 Å². The van der Waals surface area contributed by atoms with E-state index in [1.807, 2.05) is 72.8 Å². The number of pyridine rings is 1. The van der Waals surface area contributed by atoms with Crippen molar-refractivity contribution in [2.75, 3.05) is 14.2 Å². The fourth-order valence-electron chi connectivity index (χ4n) is 5.96. The molecule has 0 saturated carbocycles. The molecule has 4 heterocycles. The molecule has 0 spiro atoms. The highest BCUT2D eigenvalue weighted by Gasteiger charge is 2.26. The first-order chi connectivity index (χ1) is 21.1. The van der Waals surface area contributed by atoms with Crippen molar-refractivity contribution < 1.29 is 9.47 Å². The fourth-order valence-corrected chi connectivity index (χ4v) is 6.90. The SMILES string of the molecule is COc1ccc(/C=C2/CCCc3c2nc2nc4sc5nc6ccccc6nc5n4c(=O)c2c3-c2ccc(OC)cc2)cc1. The van der Waals surface area contributed by atoms with E-state index >= 15 is 0 Å². The number of nitrogens with zero attached hydrogens (tertiary/aromatic N) is 5. The molecule has 0 radical (unpaired) electrons. The van der Waals surface area contributed by atoms with Gasteiger partial charge in [0.05, 0.1) is 36.3 Å². The van der Waals surface area contributed by atoms with E-state index in [2.05, 4.69) is 6.08 Å². The topological polar surface area (TPSA) is 91.5 Å². The molecule has 0 atom stereocenters. The summed E-state index contributed by atoms with van der Waals surface area (Å²) in [6.45, 7) is 0. The molecule has 0 bridgehead atoms. The van der Waals surface area contributed by atoms with Gasteiger partial charge in [0.2, 0.25) is 4.96 Å². The number of methoxy groups -OCH3 is 2. The van der Waals surface area contributed by atoms with Crippen LogP contribution >= 0.6 is 11.3 Å². The predicted molar refractivity (Wildman–Crippen MR) is 171 cm³/mol. The number of para-hydroxylation sites is 2. The lowest BCUT2D eigenvalue weighted by Crippen LogP contribution is -2.18. The normalized spacial score (nSPS) is 14.1. The van der Waals surface area contributed by atoms with Gasteiger partial charge >= 0.3 is 0 Å². The number of allylic oxidation sites excluding steroid dienone is 1. The highest BCUT2D eigenvalue weighted by molar-refractivity contribution is 7.23. The van der Waals surface area contributed by atoms with E-state index in [1.165, 1.54) is 11.3 Å². The molecule has 8 rings (SSSR count). The first kappa shape index (κ1) is 25.6. The number of ether oxygens (including phenoxy) is 2. The van der Waals surface area contributed by atoms with Crippen LogP contribution in [0.4, 0.5) is 0 Å². The number of thiazole rings is 1. The number of fused-ring (bicyclic) bond motifs is 6. The third kappa shape index (κ3) is 4.15. The average molecular weight is 584 g/mol. The molecule has 210 valence electrons. The lowest BCUT2D eigenvalue weighted by atomic mass is 9.84. The van der Waals surface area contributed by atoms with Crippen LogP contribution < -0.4 is 15.0 Å².